The summed E-state index contributed by atoms with van der Waals surface area (Å²) in [4.78, 5) is 11.8. The summed E-state index contributed by atoms with van der Waals surface area (Å²) in [7, 11) is 0. The second-order valence-electron chi connectivity index (χ2n) is 5.61. The number of ether oxygens (including phenoxy) is 1. The Morgan fingerprint density at radius 1 is 1.27 bits per heavy atom. The lowest BCUT2D eigenvalue weighted by atomic mass is 10.1. The number of carbonyl (C=O) groups is 1. The van der Waals surface area contributed by atoms with Crippen LogP contribution in [0.4, 0.5) is 4.79 Å². The highest BCUT2D eigenvalue weighted by Gasteiger charge is 2.12. The van der Waals surface area contributed by atoms with Crippen molar-refractivity contribution in [3.63, 3.8) is 0 Å². The lowest BCUT2D eigenvalue weighted by Gasteiger charge is -2.16. The maximum Gasteiger partial charge on any atom is 0.315 e. The summed E-state index contributed by atoms with van der Waals surface area (Å²) in [5.41, 5.74) is 0.835. The van der Waals surface area contributed by atoms with Crippen molar-refractivity contribution in [2.24, 2.45) is 5.92 Å². The lowest BCUT2D eigenvalue weighted by molar-refractivity contribution is 0.108. The van der Waals surface area contributed by atoms with Gasteiger partial charge in [-0.25, -0.2) is 4.79 Å². The van der Waals surface area contributed by atoms with Gasteiger partial charge in [-0.05, 0) is 37.0 Å². The van der Waals surface area contributed by atoms with Crippen LogP contribution in [0.1, 0.15) is 38.8 Å². The first-order valence-corrected chi connectivity index (χ1v) is 8.22. The number of rotatable bonds is 8. The number of nitrogens with one attached hydrogen (secondary N) is 2. The van der Waals surface area contributed by atoms with Crippen LogP contribution >= 0.6 is 23.2 Å². The summed E-state index contributed by atoms with van der Waals surface area (Å²) in [5, 5.41) is 6.77. The third-order valence-corrected chi connectivity index (χ3v) is 3.54. The standard InChI is InChI=1S/C16H24Cl2N2O2/c1-11(2)10-22-8-4-7-19-16(21)20-12(3)14-6-5-13(17)9-15(14)18/h5-6,9,11-12H,4,7-8,10H2,1-3H3,(H2,19,20,21). The Kier molecular flexibility index (Phi) is 8.61. The first kappa shape index (κ1) is 19.1. The third-order valence-electron chi connectivity index (χ3n) is 2.98. The van der Waals surface area contributed by atoms with Gasteiger partial charge in [-0.3, -0.25) is 0 Å². The summed E-state index contributed by atoms with van der Waals surface area (Å²) >= 11 is 12.0. The highest BCUT2D eigenvalue weighted by molar-refractivity contribution is 6.35. The van der Waals surface area contributed by atoms with Crippen LogP contribution in [0.2, 0.25) is 10.0 Å². The average molecular weight is 347 g/mol. The monoisotopic (exact) mass is 346 g/mol. The Morgan fingerprint density at radius 2 is 2.00 bits per heavy atom. The summed E-state index contributed by atoms with van der Waals surface area (Å²) in [6, 6.07) is 4.82. The zero-order chi connectivity index (χ0) is 16.5. The van der Waals surface area contributed by atoms with Crippen molar-refractivity contribution in [2.75, 3.05) is 19.8 Å². The molecular formula is C16H24Cl2N2O2. The molecule has 2 N–H and O–H groups in total. The Balaban J connectivity index is 2.27. The molecule has 0 bridgehead atoms. The maximum atomic E-state index is 11.8. The summed E-state index contributed by atoms with van der Waals surface area (Å²) in [5.74, 6) is 0.529. The first-order valence-electron chi connectivity index (χ1n) is 7.47. The molecule has 4 nitrogen and oxygen atoms in total. The Labute approximate surface area is 142 Å². The molecule has 1 unspecified atom stereocenters. The first-order chi connectivity index (χ1) is 10.4. The van der Waals surface area contributed by atoms with Gasteiger partial charge < -0.3 is 15.4 Å². The molecule has 6 heteroatoms. The number of carbonyl (C=O) groups excluding carboxylic acids is 1. The van der Waals surface area contributed by atoms with E-state index in [1.165, 1.54) is 0 Å². The predicted molar refractivity (Wildman–Crippen MR) is 91.7 cm³/mol. The van der Waals surface area contributed by atoms with E-state index in [0.29, 0.717) is 29.1 Å². The van der Waals surface area contributed by atoms with Crippen LogP contribution in [-0.4, -0.2) is 25.8 Å². The van der Waals surface area contributed by atoms with Gasteiger partial charge in [0.1, 0.15) is 0 Å². The van der Waals surface area contributed by atoms with Gasteiger partial charge in [0, 0.05) is 29.8 Å². The highest BCUT2D eigenvalue weighted by atomic mass is 35.5. The van der Waals surface area contributed by atoms with Gasteiger partial charge in [0.25, 0.3) is 0 Å². The zero-order valence-electron chi connectivity index (χ0n) is 13.3. The fourth-order valence-electron chi connectivity index (χ4n) is 1.87. The highest BCUT2D eigenvalue weighted by Crippen LogP contribution is 2.25. The van der Waals surface area contributed by atoms with Crippen LogP contribution in [0.3, 0.4) is 0 Å². The number of hydrogen-bond donors (Lipinski definition) is 2. The Bertz CT molecular complexity index is 481. The van der Waals surface area contributed by atoms with Crippen molar-refractivity contribution in [1.82, 2.24) is 10.6 Å². The third kappa shape index (κ3) is 7.34. The summed E-state index contributed by atoms with van der Waals surface area (Å²) in [6.07, 6.45) is 0.788. The molecule has 0 heterocycles. The fourth-order valence-corrected chi connectivity index (χ4v) is 2.45. The predicted octanol–water partition coefficient (Wildman–Crippen LogP) is 4.42. The van der Waals surface area contributed by atoms with Crippen LogP contribution in [0.5, 0.6) is 0 Å². The summed E-state index contributed by atoms with van der Waals surface area (Å²) < 4.78 is 5.45. The largest absolute Gasteiger partial charge is 0.381 e. The molecule has 1 rings (SSSR count). The quantitative estimate of drug-likeness (QED) is 0.684. The van der Waals surface area contributed by atoms with E-state index in [1.54, 1.807) is 12.1 Å². The van der Waals surface area contributed by atoms with Gasteiger partial charge >= 0.3 is 6.03 Å². The second-order valence-corrected chi connectivity index (χ2v) is 6.45. The minimum absolute atomic E-state index is 0.193. The van der Waals surface area contributed by atoms with Crippen molar-refractivity contribution in [1.29, 1.82) is 0 Å². The van der Waals surface area contributed by atoms with E-state index in [9.17, 15) is 4.79 Å². The van der Waals surface area contributed by atoms with Crippen LogP contribution < -0.4 is 10.6 Å². The van der Waals surface area contributed by atoms with Crippen LogP contribution in [-0.2, 0) is 4.74 Å². The van der Waals surface area contributed by atoms with Crippen molar-refractivity contribution in [3.05, 3.63) is 33.8 Å². The molecule has 0 aliphatic heterocycles. The number of benzene rings is 1. The van der Waals surface area contributed by atoms with Gasteiger partial charge in [-0.1, -0.05) is 43.1 Å². The van der Waals surface area contributed by atoms with E-state index in [0.717, 1.165) is 18.6 Å². The van der Waals surface area contributed by atoms with Crippen molar-refractivity contribution >= 4 is 29.2 Å². The molecule has 22 heavy (non-hydrogen) atoms. The van der Waals surface area contributed by atoms with Crippen LogP contribution in [0.25, 0.3) is 0 Å². The lowest BCUT2D eigenvalue weighted by Crippen LogP contribution is -2.37. The number of amides is 2. The molecule has 0 aromatic heterocycles. The van der Waals surface area contributed by atoms with Crippen molar-refractivity contribution in [2.45, 2.75) is 33.2 Å². The van der Waals surface area contributed by atoms with Gasteiger partial charge in [0.05, 0.1) is 6.04 Å². The van der Waals surface area contributed by atoms with Gasteiger partial charge in [0.2, 0.25) is 0 Å². The molecule has 2 amide bonds. The summed E-state index contributed by atoms with van der Waals surface area (Å²) in [6.45, 7) is 8.06. The number of hydrogen-bond acceptors (Lipinski definition) is 2. The molecule has 0 saturated carbocycles. The molecule has 1 aromatic rings. The minimum Gasteiger partial charge on any atom is -0.381 e. The molecule has 0 saturated heterocycles. The van der Waals surface area contributed by atoms with Crippen molar-refractivity contribution in [3.8, 4) is 0 Å². The molecular weight excluding hydrogens is 323 g/mol. The van der Waals surface area contributed by atoms with Crippen molar-refractivity contribution < 1.29 is 9.53 Å². The SMILES string of the molecule is CC(C)COCCCNC(=O)NC(C)c1ccc(Cl)cc1Cl. The fraction of sp³-hybridized carbons (Fsp3) is 0.562. The molecule has 0 aliphatic carbocycles. The minimum atomic E-state index is -0.220. The number of urea groups is 1. The van der Waals surface area contributed by atoms with Crippen LogP contribution in [0.15, 0.2) is 18.2 Å². The van der Waals surface area contributed by atoms with E-state index in [1.807, 2.05) is 13.0 Å². The second kappa shape index (κ2) is 9.93. The van der Waals surface area contributed by atoms with E-state index in [2.05, 4.69) is 24.5 Å². The molecule has 124 valence electrons. The normalized spacial score (nSPS) is 12.3. The smallest absolute Gasteiger partial charge is 0.315 e. The average Bonchev–Trinajstić information content (AvgIpc) is 2.42. The van der Waals surface area contributed by atoms with E-state index in [4.69, 9.17) is 27.9 Å². The van der Waals surface area contributed by atoms with E-state index < -0.39 is 0 Å². The zero-order valence-corrected chi connectivity index (χ0v) is 14.8. The van der Waals surface area contributed by atoms with Gasteiger partial charge in [-0.15, -0.1) is 0 Å². The molecule has 0 fully saturated rings. The molecule has 1 aromatic carbocycles. The molecule has 1 atom stereocenters. The molecule has 0 spiro atoms. The van der Waals surface area contributed by atoms with E-state index in [-0.39, 0.29) is 12.1 Å². The maximum absolute atomic E-state index is 11.8. The topological polar surface area (TPSA) is 50.4 Å². The van der Waals surface area contributed by atoms with Crippen LogP contribution in [0, 0.1) is 5.92 Å². The Hall–Kier alpha value is -0.970. The van der Waals surface area contributed by atoms with Gasteiger partial charge in [0.15, 0.2) is 0 Å². The van der Waals surface area contributed by atoms with E-state index >= 15 is 0 Å². The Morgan fingerprint density at radius 3 is 2.64 bits per heavy atom. The van der Waals surface area contributed by atoms with Gasteiger partial charge in [-0.2, -0.15) is 0 Å². The number of halogens is 2. The molecule has 0 radical (unpaired) electrons. The molecule has 0 aliphatic rings.